The van der Waals surface area contributed by atoms with Gasteiger partial charge in [-0.3, -0.25) is 4.55 Å². The first-order valence-electron chi connectivity index (χ1n) is 2.03. The maximum Gasteiger partial charge on any atom is 1.00 e. The minimum Gasteiger partial charge on any atom is -0.726 e. The fourth-order valence-corrected chi connectivity index (χ4v) is 0. The van der Waals surface area contributed by atoms with Gasteiger partial charge in [-0.2, -0.15) is 0 Å². The third kappa shape index (κ3) is 3650. The Morgan fingerprint density at radius 2 is 1.20 bits per heavy atom. The van der Waals surface area contributed by atoms with E-state index in [1.165, 1.54) is 0 Å². The zero-order valence-electron chi connectivity index (χ0n) is 6.99. The summed E-state index contributed by atoms with van der Waals surface area (Å²) in [7, 11) is -9.56. The summed E-state index contributed by atoms with van der Waals surface area (Å²) in [4.78, 5) is 29.9. The Hall–Kier alpha value is 0.816. The first kappa shape index (κ1) is 24.9. The molecule has 0 heterocycles. The Morgan fingerprint density at radius 1 is 1.20 bits per heavy atom. The standard InChI is InChI=1S/K.HNO3.H3O4P.H2O4S/c;2-1(3)4;2*1-5(2,3)4/h;(H,2,3,4);(H3,1,2,3,4);(H2,1,2,3,4)/q+1;;;/p-1. The monoisotopic (exact) mass is 297 g/mol. The first-order valence-corrected chi connectivity index (χ1v) is 4.96. The van der Waals surface area contributed by atoms with Crippen molar-refractivity contribution in [2.45, 2.75) is 0 Å². The Balaban J connectivity index is -0.0000000590. The normalized spacial score (nSPS) is 9.40. The van der Waals surface area contributed by atoms with E-state index in [0.29, 0.717) is 0 Å². The number of phosphoric acid groups is 1. The predicted molar refractivity (Wildman–Crippen MR) is 35.4 cm³/mol. The number of hydrogen-bond donors (Lipinski definition) is 5. The Bertz CT molecular complexity index is 265. The van der Waals surface area contributed by atoms with Crippen molar-refractivity contribution in [2.75, 3.05) is 0 Å². The summed E-state index contributed by atoms with van der Waals surface area (Å²) in [5.41, 5.74) is 0. The first-order chi connectivity index (χ1) is 5.73. The van der Waals surface area contributed by atoms with E-state index in [4.69, 9.17) is 52.1 Å². The molecule has 15 heavy (non-hydrogen) atoms. The van der Waals surface area contributed by atoms with Crippen LogP contribution in [0, 0.1) is 10.1 Å². The van der Waals surface area contributed by atoms with Gasteiger partial charge in [-0.1, -0.05) is 0 Å². The molecule has 0 aromatic carbocycles. The maximum absolute atomic E-state index is 8.88. The topological polar surface area (TPSA) is 219 Å². The van der Waals surface area contributed by atoms with Gasteiger partial charge in [0.05, 0.1) is 0 Å². The summed E-state index contributed by atoms with van der Waals surface area (Å²) in [6.45, 7) is 0. The molecule has 0 rings (SSSR count). The summed E-state index contributed by atoms with van der Waals surface area (Å²) < 4.78 is 41.7. The molecule has 0 fully saturated rings. The van der Waals surface area contributed by atoms with Crippen LogP contribution in [0.1, 0.15) is 0 Å². The van der Waals surface area contributed by atoms with Gasteiger partial charge in [0.25, 0.3) is 5.09 Å². The van der Waals surface area contributed by atoms with Gasteiger partial charge in [0.15, 0.2) is 0 Å². The third-order valence-corrected chi connectivity index (χ3v) is 0. The van der Waals surface area contributed by atoms with Gasteiger partial charge >= 0.3 is 59.2 Å². The van der Waals surface area contributed by atoms with Gasteiger partial charge in [0.2, 0.25) is 10.4 Å². The molecular weight excluding hydrogens is 292 g/mol. The summed E-state index contributed by atoms with van der Waals surface area (Å²) in [5.74, 6) is 0. The minimum absolute atomic E-state index is 0. The molecule has 0 aromatic heterocycles. The molecule has 0 aliphatic rings. The van der Waals surface area contributed by atoms with Crippen molar-refractivity contribution < 1.29 is 98.4 Å². The molecule has 5 N–H and O–H groups in total. The molecule has 0 aliphatic heterocycles. The van der Waals surface area contributed by atoms with Gasteiger partial charge in [-0.25, -0.2) is 13.0 Å². The molecular formula is H5KNO11PS. The summed E-state index contributed by atoms with van der Waals surface area (Å²) >= 11 is 0. The van der Waals surface area contributed by atoms with Gasteiger partial charge in [-0.15, -0.1) is 10.1 Å². The smallest absolute Gasteiger partial charge is 0.726 e. The fraction of sp³-hybridized carbons (Fsp3) is 0. The van der Waals surface area contributed by atoms with Gasteiger partial charge < -0.3 is 24.4 Å². The second kappa shape index (κ2) is 11.3. The quantitative estimate of drug-likeness (QED) is 0.0709. The average Bonchev–Trinajstić information content (AvgIpc) is 1.45. The summed E-state index contributed by atoms with van der Waals surface area (Å²) in [6, 6.07) is 0. The van der Waals surface area contributed by atoms with E-state index in [2.05, 4.69) is 0 Å². The molecule has 0 amide bonds. The molecule has 0 aliphatic carbocycles. The predicted octanol–water partition coefficient (Wildman–Crippen LogP) is -5.27. The molecule has 0 unspecified atom stereocenters. The van der Waals surface area contributed by atoms with Gasteiger partial charge in [0, 0.05) is 0 Å². The fourth-order valence-electron chi connectivity index (χ4n) is 0. The van der Waals surface area contributed by atoms with Crippen molar-refractivity contribution in [3.05, 3.63) is 10.1 Å². The van der Waals surface area contributed by atoms with Crippen LogP contribution in [-0.2, 0) is 15.0 Å². The van der Waals surface area contributed by atoms with Crippen LogP contribution in [0.25, 0.3) is 0 Å². The van der Waals surface area contributed by atoms with E-state index in [0.717, 1.165) is 0 Å². The molecule has 0 aromatic rings. The largest absolute Gasteiger partial charge is 1.00 e. The van der Waals surface area contributed by atoms with Crippen molar-refractivity contribution in [3.63, 3.8) is 0 Å². The van der Waals surface area contributed by atoms with Crippen LogP contribution < -0.4 is 51.4 Å². The van der Waals surface area contributed by atoms with Gasteiger partial charge in [-0.05, 0) is 0 Å². The van der Waals surface area contributed by atoms with E-state index < -0.39 is 23.3 Å². The van der Waals surface area contributed by atoms with E-state index in [1.54, 1.807) is 0 Å². The van der Waals surface area contributed by atoms with Crippen LogP contribution in [-0.4, -0.2) is 42.5 Å². The summed E-state index contributed by atoms with van der Waals surface area (Å²) in [5, 5.41) is 13.6. The summed E-state index contributed by atoms with van der Waals surface area (Å²) in [6.07, 6.45) is 0. The van der Waals surface area contributed by atoms with E-state index in [1.807, 2.05) is 0 Å². The molecule has 0 saturated heterocycles. The van der Waals surface area contributed by atoms with Crippen molar-refractivity contribution in [1.29, 1.82) is 0 Å². The van der Waals surface area contributed by atoms with E-state index >= 15 is 0 Å². The average molecular weight is 297 g/mol. The second-order valence-electron chi connectivity index (χ2n) is 1.18. The molecule has 0 bridgehead atoms. The molecule has 0 atom stereocenters. The second-order valence-corrected chi connectivity index (χ2v) is 3.06. The maximum atomic E-state index is 8.88. The molecule has 12 nitrogen and oxygen atoms in total. The van der Waals surface area contributed by atoms with Crippen molar-refractivity contribution in [3.8, 4) is 0 Å². The van der Waals surface area contributed by atoms with Crippen LogP contribution in [0.2, 0.25) is 0 Å². The minimum atomic E-state index is -4.92. The Kier molecular flexibility index (Phi) is 18.7. The molecule has 0 radical (unpaired) electrons. The third-order valence-electron chi connectivity index (χ3n) is 0. The number of rotatable bonds is 0. The molecule has 88 valence electrons. The van der Waals surface area contributed by atoms with Crippen LogP contribution in [0.4, 0.5) is 0 Å². The van der Waals surface area contributed by atoms with E-state index in [9.17, 15) is 0 Å². The van der Waals surface area contributed by atoms with E-state index in [-0.39, 0.29) is 51.4 Å². The van der Waals surface area contributed by atoms with Crippen molar-refractivity contribution in [2.24, 2.45) is 0 Å². The molecule has 15 heteroatoms. The van der Waals surface area contributed by atoms with Crippen LogP contribution in [0.3, 0.4) is 0 Å². The molecule has 0 spiro atoms. The Morgan fingerprint density at radius 3 is 1.20 bits per heavy atom. The zero-order chi connectivity index (χ0) is 12.6. The Labute approximate surface area is 125 Å². The van der Waals surface area contributed by atoms with Crippen LogP contribution in [0.5, 0.6) is 0 Å². The van der Waals surface area contributed by atoms with Crippen LogP contribution >= 0.6 is 7.82 Å². The van der Waals surface area contributed by atoms with Crippen molar-refractivity contribution >= 4 is 18.2 Å². The number of hydrogen-bond acceptors (Lipinski definition) is 6. The molecule has 0 saturated carbocycles. The SMILES string of the molecule is O=P(O)(O)O.O=S(=O)([O-])O.O=[N+]([O-])O.[K+]. The van der Waals surface area contributed by atoms with Crippen molar-refractivity contribution in [1.82, 2.24) is 0 Å². The van der Waals surface area contributed by atoms with Gasteiger partial charge in [0.1, 0.15) is 0 Å². The number of nitrogens with zero attached hydrogens (tertiary/aromatic N) is 1. The van der Waals surface area contributed by atoms with Crippen LogP contribution in [0.15, 0.2) is 0 Å². The zero-order valence-corrected chi connectivity index (χ0v) is 11.8.